The normalized spacial score (nSPS) is 13.1. The molecule has 2 rings (SSSR count). The summed E-state index contributed by atoms with van der Waals surface area (Å²) in [7, 11) is 1.87. The average Bonchev–Trinajstić information content (AvgIpc) is 2.77. The lowest BCUT2D eigenvalue weighted by Crippen LogP contribution is -2.48. The largest absolute Gasteiger partial charge is 0.350 e. The fourth-order valence-electron chi connectivity index (χ4n) is 1.99. The number of hydrogen-bond acceptors (Lipinski definition) is 3. The van der Waals surface area contributed by atoms with Crippen LogP contribution in [0.5, 0.6) is 0 Å². The summed E-state index contributed by atoms with van der Waals surface area (Å²) in [6, 6.07) is 9.36. The molecule has 0 saturated carbocycles. The molecule has 5 nitrogen and oxygen atoms in total. The third-order valence-electron chi connectivity index (χ3n) is 3.62. The van der Waals surface area contributed by atoms with E-state index < -0.39 is 5.54 Å². The highest BCUT2D eigenvalue weighted by Gasteiger charge is 2.30. The van der Waals surface area contributed by atoms with Crippen LogP contribution in [0.4, 0.5) is 0 Å². The standard InChI is InChI=1S/C15H20N4O.ClH/c1-11-12(10-18-19(11)3)9-17-14(20)15(2,16)13-7-5-4-6-8-13;/h4-8,10H,9,16H2,1-3H3,(H,17,20);1H. The van der Waals surface area contributed by atoms with Gasteiger partial charge in [-0.3, -0.25) is 9.48 Å². The van der Waals surface area contributed by atoms with Gasteiger partial charge in [-0.05, 0) is 19.4 Å². The minimum absolute atomic E-state index is 0. The van der Waals surface area contributed by atoms with Crippen LogP contribution in [-0.2, 0) is 23.9 Å². The molecule has 1 amide bonds. The third kappa shape index (κ3) is 3.62. The summed E-state index contributed by atoms with van der Waals surface area (Å²) in [5.74, 6) is -0.202. The van der Waals surface area contributed by atoms with Gasteiger partial charge in [-0.25, -0.2) is 0 Å². The van der Waals surface area contributed by atoms with Gasteiger partial charge in [-0.2, -0.15) is 5.10 Å². The van der Waals surface area contributed by atoms with Crippen molar-refractivity contribution in [1.29, 1.82) is 0 Å². The number of aryl methyl sites for hydroxylation is 1. The molecule has 0 aliphatic heterocycles. The lowest BCUT2D eigenvalue weighted by Gasteiger charge is -2.24. The topological polar surface area (TPSA) is 72.9 Å². The molecule has 1 heterocycles. The van der Waals surface area contributed by atoms with Crippen molar-refractivity contribution in [3.8, 4) is 0 Å². The first-order valence-corrected chi connectivity index (χ1v) is 6.53. The molecule has 0 aliphatic rings. The Balaban J connectivity index is 0.00000220. The zero-order valence-corrected chi connectivity index (χ0v) is 13.3. The van der Waals surface area contributed by atoms with E-state index in [1.807, 2.05) is 44.3 Å². The number of aromatic nitrogens is 2. The Labute approximate surface area is 130 Å². The molecule has 0 aliphatic carbocycles. The van der Waals surface area contributed by atoms with E-state index in [0.29, 0.717) is 6.54 Å². The van der Waals surface area contributed by atoms with Crippen molar-refractivity contribution in [2.45, 2.75) is 25.9 Å². The Hall–Kier alpha value is -1.85. The average molecular weight is 309 g/mol. The molecule has 1 atom stereocenters. The number of amides is 1. The molecule has 0 spiro atoms. The van der Waals surface area contributed by atoms with Crippen molar-refractivity contribution < 1.29 is 4.79 Å². The molecule has 1 unspecified atom stereocenters. The summed E-state index contributed by atoms with van der Waals surface area (Å²) >= 11 is 0. The lowest BCUT2D eigenvalue weighted by molar-refractivity contribution is -0.126. The number of nitrogens with one attached hydrogen (secondary N) is 1. The molecule has 21 heavy (non-hydrogen) atoms. The first-order chi connectivity index (χ1) is 9.43. The van der Waals surface area contributed by atoms with Crippen LogP contribution < -0.4 is 11.1 Å². The molecular weight excluding hydrogens is 288 g/mol. The first kappa shape index (κ1) is 17.2. The SMILES string of the molecule is Cc1c(CNC(=O)C(C)(N)c2ccccc2)cnn1C.Cl. The second-order valence-corrected chi connectivity index (χ2v) is 5.13. The monoisotopic (exact) mass is 308 g/mol. The Morgan fingerprint density at radius 2 is 2.00 bits per heavy atom. The highest BCUT2D eigenvalue weighted by molar-refractivity contribution is 5.87. The minimum Gasteiger partial charge on any atom is -0.350 e. The van der Waals surface area contributed by atoms with Gasteiger partial charge in [0.25, 0.3) is 0 Å². The van der Waals surface area contributed by atoms with Crippen molar-refractivity contribution in [3.63, 3.8) is 0 Å². The van der Waals surface area contributed by atoms with Gasteiger partial charge in [0.15, 0.2) is 0 Å². The Kier molecular flexibility index (Phi) is 5.52. The van der Waals surface area contributed by atoms with E-state index in [1.54, 1.807) is 17.8 Å². The Bertz CT molecular complexity index is 607. The van der Waals surface area contributed by atoms with Gasteiger partial charge >= 0.3 is 0 Å². The molecule has 114 valence electrons. The molecule has 6 heteroatoms. The smallest absolute Gasteiger partial charge is 0.244 e. The highest BCUT2D eigenvalue weighted by atomic mass is 35.5. The first-order valence-electron chi connectivity index (χ1n) is 6.53. The van der Waals surface area contributed by atoms with Gasteiger partial charge in [0.1, 0.15) is 5.54 Å². The van der Waals surface area contributed by atoms with E-state index in [9.17, 15) is 4.79 Å². The summed E-state index contributed by atoms with van der Waals surface area (Å²) in [6.07, 6.45) is 1.76. The van der Waals surface area contributed by atoms with Gasteiger partial charge in [0.05, 0.1) is 6.20 Å². The fraction of sp³-hybridized carbons (Fsp3) is 0.333. The number of nitrogens with zero attached hydrogens (tertiary/aromatic N) is 2. The van der Waals surface area contributed by atoms with Crippen LogP contribution in [0, 0.1) is 6.92 Å². The van der Waals surface area contributed by atoms with E-state index >= 15 is 0 Å². The van der Waals surface area contributed by atoms with Crippen molar-refractivity contribution in [1.82, 2.24) is 15.1 Å². The molecule has 3 N–H and O–H groups in total. The number of carbonyl (C=O) groups is 1. The quantitative estimate of drug-likeness (QED) is 0.902. The number of carbonyl (C=O) groups excluding carboxylic acids is 1. The van der Waals surface area contributed by atoms with Gasteiger partial charge < -0.3 is 11.1 Å². The van der Waals surface area contributed by atoms with Gasteiger partial charge in [-0.15, -0.1) is 12.4 Å². The molecule has 1 aromatic carbocycles. The maximum absolute atomic E-state index is 12.3. The van der Waals surface area contributed by atoms with Crippen molar-refractivity contribution in [2.75, 3.05) is 0 Å². The number of nitrogens with two attached hydrogens (primary N) is 1. The molecule has 2 aromatic rings. The second-order valence-electron chi connectivity index (χ2n) is 5.13. The van der Waals surface area contributed by atoms with E-state index in [0.717, 1.165) is 16.8 Å². The summed E-state index contributed by atoms with van der Waals surface area (Å²) in [6.45, 7) is 4.11. The molecule has 0 radical (unpaired) electrons. The van der Waals surface area contributed by atoms with E-state index in [-0.39, 0.29) is 18.3 Å². The van der Waals surface area contributed by atoms with Gasteiger partial charge in [0, 0.05) is 24.8 Å². The van der Waals surface area contributed by atoms with Crippen LogP contribution in [0.25, 0.3) is 0 Å². The van der Waals surface area contributed by atoms with Crippen molar-refractivity contribution in [3.05, 3.63) is 53.3 Å². The number of halogens is 1. The number of hydrogen-bond donors (Lipinski definition) is 2. The number of benzene rings is 1. The van der Waals surface area contributed by atoms with Gasteiger partial charge in [-0.1, -0.05) is 30.3 Å². The van der Waals surface area contributed by atoms with Crippen LogP contribution in [0.3, 0.4) is 0 Å². The van der Waals surface area contributed by atoms with Gasteiger partial charge in [0.2, 0.25) is 5.91 Å². The molecule has 1 aromatic heterocycles. The maximum Gasteiger partial charge on any atom is 0.244 e. The molecule has 0 bridgehead atoms. The summed E-state index contributed by atoms with van der Waals surface area (Å²) in [5, 5.41) is 7.02. The van der Waals surface area contributed by atoms with E-state index in [2.05, 4.69) is 10.4 Å². The van der Waals surface area contributed by atoms with E-state index in [4.69, 9.17) is 5.73 Å². The predicted molar refractivity (Wildman–Crippen MR) is 85.0 cm³/mol. The van der Waals surface area contributed by atoms with Crippen molar-refractivity contribution in [2.24, 2.45) is 12.8 Å². The zero-order valence-electron chi connectivity index (χ0n) is 12.5. The maximum atomic E-state index is 12.3. The summed E-state index contributed by atoms with van der Waals surface area (Å²) in [5.41, 5.74) is 7.93. The summed E-state index contributed by atoms with van der Waals surface area (Å²) in [4.78, 5) is 12.3. The van der Waals surface area contributed by atoms with Crippen LogP contribution in [-0.4, -0.2) is 15.7 Å². The zero-order chi connectivity index (χ0) is 14.8. The number of rotatable bonds is 4. The minimum atomic E-state index is -1.04. The third-order valence-corrected chi connectivity index (χ3v) is 3.62. The predicted octanol–water partition coefficient (Wildman–Crippen LogP) is 1.64. The van der Waals surface area contributed by atoms with E-state index in [1.165, 1.54) is 0 Å². The summed E-state index contributed by atoms with van der Waals surface area (Å²) < 4.78 is 1.78. The molecular formula is C15H21ClN4O. The van der Waals surface area contributed by atoms with Crippen LogP contribution in [0.15, 0.2) is 36.5 Å². The fourth-order valence-corrected chi connectivity index (χ4v) is 1.99. The molecule has 0 saturated heterocycles. The van der Waals surface area contributed by atoms with Crippen molar-refractivity contribution >= 4 is 18.3 Å². The van der Waals surface area contributed by atoms with Crippen LogP contribution in [0.1, 0.15) is 23.7 Å². The van der Waals surface area contributed by atoms with Crippen LogP contribution >= 0.6 is 12.4 Å². The van der Waals surface area contributed by atoms with Crippen LogP contribution in [0.2, 0.25) is 0 Å². The molecule has 0 fully saturated rings. The second kappa shape index (κ2) is 6.74. The Morgan fingerprint density at radius 3 is 2.52 bits per heavy atom. The lowest BCUT2D eigenvalue weighted by atomic mass is 9.92. The highest BCUT2D eigenvalue weighted by Crippen LogP contribution is 2.17. The Morgan fingerprint density at radius 1 is 1.38 bits per heavy atom.